The zero-order chi connectivity index (χ0) is 11.4. The number of hydrogen-bond acceptors (Lipinski definition) is 4. The standard InChI is InChI=1S/C9H7N3O3/c1-6-2-3-8(12(14)15)7(4-6)9(13)11-5-10/h2-4H,1H3,(H,11,13). The fraction of sp³-hybridized carbons (Fsp3) is 0.111. The van der Waals surface area contributed by atoms with E-state index in [-0.39, 0.29) is 11.3 Å². The van der Waals surface area contributed by atoms with Crippen molar-refractivity contribution >= 4 is 11.6 Å². The number of aryl methyl sites for hydroxylation is 1. The number of hydrogen-bond donors (Lipinski definition) is 1. The first-order valence-corrected chi connectivity index (χ1v) is 4.00. The summed E-state index contributed by atoms with van der Waals surface area (Å²) in [6.07, 6.45) is 1.43. The van der Waals surface area contributed by atoms with E-state index < -0.39 is 10.8 Å². The molecule has 6 nitrogen and oxygen atoms in total. The molecule has 0 heterocycles. The fourth-order valence-electron chi connectivity index (χ4n) is 1.11. The van der Waals surface area contributed by atoms with Gasteiger partial charge in [0.25, 0.3) is 11.6 Å². The summed E-state index contributed by atoms with van der Waals surface area (Å²) in [6.45, 7) is 1.70. The minimum Gasteiger partial charge on any atom is -0.268 e. The second-order valence-electron chi connectivity index (χ2n) is 2.84. The maximum absolute atomic E-state index is 11.3. The number of rotatable bonds is 2. The molecule has 0 aliphatic rings. The van der Waals surface area contributed by atoms with Gasteiger partial charge in [-0.2, -0.15) is 5.26 Å². The van der Waals surface area contributed by atoms with E-state index in [9.17, 15) is 14.9 Å². The summed E-state index contributed by atoms with van der Waals surface area (Å²) >= 11 is 0. The highest BCUT2D eigenvalue weighted by Gasteiger charge is 2.19. The lowest BCUT2D eigenvalue weighted by atomic mass is 10.1. The molecule has 1 N–H and O–H groups in total. The Morgan fingerprint density at radius 3 is 2.80 bits per heavy atom. The van der Waals surface area contributed by atoms with Crippen LogP contribution in [0.25, 0.3) is 0 Å². The van der Waals surface area contributed by atoms with Gasteiger partial charge >= 0.3 is 0 Å². The molecule has 1 amide bonds. The molecule has 0 saturated carbocycles. The maximum atomic E-state index is 11.3. The third kappa shape index (κ3) is 2.28. The zero-order valence-electron chi connectivity index (χ0n) is 7.85. The predicted octanol–water partition coefficient (Wildman–Crippen LogP) is 1.11. The summed E-state index contributed by atoms with van der Waals surface area (Å²) in [5.41, 5.74) is 0.290. The Labute approximate surface area is 85.3 Å². The van der Waals surface area contributed by atoms with E-state index >= 15 is 0 Å². The number of nitrogens with zero attached hydrogens (tertiary/aromatic N) is 2. The number of nitrogens with one attached hydrogen (secondary N) is 1. The summed E-state index contributed by atoms with van der Waals surface area (Å²) in [5.74, 6) is -0.770. The Morgan fingerprint density at radius 1 is 1.60 bits per heavy atom. The Morgan fingerprint density at radius 2 is 2.27 bits per heavy atom. The molecular weight excluding hydrogens is 198 g/mol. The molecule has 0 radical (unpaired) electrons. The van der Waals surface area contributed by atoms with Crippen molar-refractivity contribution in [1.82, 2.24) is 5.32 Å². The van der Waals surface area contributed by atoms with E-state index in [1.54, 1.807) is 6.92 Å². The molecule has 76 valence electrons. The van der Waals surface area contributed by atoms with Gasteiger partial charge in [-0.15, -0.1) is 0 Å². The predicted molar refractivity (Wildman–Crippen MR) is 50.9 cm³/mol. The largest absolute Gasteiger partial charge is 0.282 e. The highest BCUT2D eigenvalue weighted by molar-refractivity contribution is 5.99. The van der Waals surface area contributed by atoms with Gasteiger partial charge in [-0.25, -0.2) is 0 Å². The van der Waals surface area contributed by atoms with Crippen molar-refractivity contribution in [2.75, 3.05) is 0 Å². The fourth-order valence-corrected chi connectivity index (χ4v) is 1.11. The minimum absolute atomic E-state index is 0.110. The molecule has 0 aromatic heterocycles. The second kappa shape index (κ2) is 4.19. The molecule has 15 heavy (non-hydrogen) atoms. The van der Waals surface area contributed by atoms with E-state index in [0.717, 1.165) is 0 Å². The van der Waals surface area contributed by atoms with Crippen molar-refractivity contribution in [3.63, 3.8) is 0 Å². The zero-order valence-corrected chi connectivity index (χ0v) is 7.85. The first-order chi connectivity index (χ1) is 7.06. The first kappa shape index (κ1) is 10.7. The molecule has 0 unspecified atom stereocenters. The van der Waals surface area contributed by atoms with E-state index in [1.807, 2.05) is 5.32 Å². The van der Waals surface area contributed by atoms with Crippen LogP contribution in [0.1, 0.15) is 15.9 Å². The third-order valence-electron chi connectivity index (χ3n) is 1.76. The molecule has 0 fully saturated rings. The number of amides is 1. The Bertz CT molecular complexity index is 462. The van der Waals surface area contributed by atoms with Crippen molar-refractivity contribution in [2.24, 2.45) is 0 Å². The monoisotopic (exact) mass is 205 g/mol. The Balaban J connectivity index is 3.25. The average Bonchev–Trinajstić information content (AvgIpc) is 2.17. The van der Waals surface area contributed by atoms with Crippen molar-refractivity contribution < 1.29 is 9.72 Å². The molecule has 0 aliphatic heterocycles. The lowest BCUT2D eigenvalue weighted by molar-refractivity contribution is -0.385. The minimum atomic E-state index is -0.770. The summed E-state index contributed by atoms with van der Waals surface area (Å²) in [4.78, 5) is 21.2. The van der Waals surface area contributed by atoms with Gasteiger partial charge in [-0.1, -0.05) is 6.07 Å². The van der Waals surface area contributed by atoms with Crippen molar-refractivity contribution in [1.29, 1.82) is 5.26 Å². The number of nitro benzene ring substituents is 1. The van der Waals surface area contributed by atoms with Crippen LogP contribution >= 0.6 is 0 Å². The van der Waals surface area contributed by atoms with Gasteiger partial charge in [0.1, 0.15) is 5.56 Å². The lowest BCUT2D eigenvalue weighted by Crippen LogP contribution is -2.18. The lowest BCUT2D eigenvalue weighted by Gasteiger charge is -2.01. The normalized spacial score (nSPS) is 9.07. The molecule has 1 aromatic carbocycles. The highest BCUT2D eigenvalue weighted by Crippen LogP contribution is 2.19. The van der Waals surface area contributed by atoms with Crippen LogP contribution in [0.4, 0.5) is 5.69 Å². The maximum Gasteiger partial charge on any atom is 0.282 e. The highest BCUT2D eigenvalue weighted by atomic mass is 16.6. The Kier molecular flexibility index (Phi) is 2.98. The number of carbonyl (C=O) groups is 1. The smallest absolute Gasteiger partial charge is 0.268 e. The molecular formula is C9H7N3O3. The van der Waals surface area contributed by atoms with Crippen LogP contribution in [0.5, 0.6) is 0 Å². The van der Waals surface area contributed by atoms with Crippen molar-refractivity contribution in [2.45, 2.75) is 6.92 Å². The molecule has 0 spiro atoms. The molecule has 0 saturated heterocycles. The molecule has 1 rings (SSSR count). The summed E-state index contributed by atoms with van der Waals surface area (Å²) in [6, 6.07) is 4.13. The SMILES string of the molecule is Cc1ccc([N+](=O)[O-])c(C(=O)NC#N)c1. The molecule has 0 atom stereocenters. The van der Waals surface area contributed by atoms with Gasteiger partial charge in [0.15, 0.2) is 6.19 Å². The van der Waals surface area contributed by atoms with Gasteiger partial charge in [-0.3, -0.25) is 20.2 Å². The average molecular weight is 205 g/mol. The van der Waals surface area contributed by atoms with Crippen LogP contribution in [0.15, 0.2) is 18.2 Å². The first-order valence-electron chi connectivity index (χ1n) is 4.00. The van der Waals surface area contributed by atoms with E-state index in [4.69, 9.17) is 5.26 Å². The van der Waals surface area contributed by atoms with Gasteiger partial charge in [0, 0.05) is 6.07 Å². The summed E-state index contributed by atoms with van der Waals surface area (Å²) in [7, 11) is 0. The van der Waals surface area contributed by atoms with Gasteiger partial charge in [0.05, 0.1) is 4.92 Å². The van der Waals surface area contributed by atoms with Crippen molar-refractivity contribution in [3.05, 3.63) is 39.4 Å². The van der Waals surface area contributed by atoms with Crippen molar-refractivity contribution in [3.8, 4) is 6.19 Å². The number of nitriles is 1. The van der Waals surface area contributed by atoms with Gasteiger partial charge in [-0.05, 0) is 18.6 Å². The molecule has 1 aromatic rings. The van der Waals surface area contributed by atoms with E-state index in [2.05, 4.69) is 0 Å². The van der Waals surface area contributed by atoms with E-state index in [1.165, 1.54) is 24.4 Å². The van der Waals surface area contributed by atoms with E-state index in [0.29, 0.717) is 5.56 Å². The van der Waals surface area contributed by atoms with Crippen LogP contribution < -0.4 is 5.32 Å². The number of benzene rings is 1. The topological polar surface area (TPSA) is 96.0 Å². The van der Waals surface area contributed by atoms with Crippen LogP contribution in [-0.4, -0.2) is 10.8 Å². The van der Waals surface area contributed by atoms with Gasteiger partial charge in [0.2, 0.25) is 0 Å². The summed E-state index contributed by atoms with van der Waals surface area (Å²) in [5, 5.41) is 20.7. The quantitative estimate of drug-likeness (QED) is 0.338. The molecule has 0 aliphatic carbocycles. The number of nitro groups is 1. The Hall–Kier alpha value is -2.42. The summed E-state index contributed by atoms with van der Waals surface area (Å²) < 4.78 is 0. The van der Waals surface area contributed by atoms with Crippen LogP contribution in [0.2, 0.25) is 0 Å². The van der Waals surface area contributed by atoms with Crippen LogP contribution in [0.3, 0.4) is 0 Å². The van der Waals surface area contributed by atoms with Crippen LogP contribution in [-0.2, 0) is 0 Å². The second-order valence-corrected chi connectivity index (χ2v) is 2.84. The third-order valence-corrected chi connectivity index (χ3v) is 1.76. The number of carbonyl (C=O) groups excluding carboxylic acids is 1. The van der Waals surface area contributed by atoms with Gasteiger partial charge < -0.3 is 0 Å². The molecule has 6 heteroatoms. The van der Waals surface area contributed by atoms with Crippen LogP contribution in [0, 0.1) is 28.5 Å². The molecule has 0 bridgehead atoms.